The molecule has 45 heavy (non-hydrogen) atoms. The second-order valence-electron chi connectivity index (χ2n) is 10.4. The van der Waals surface area contributed by atoms with Crippen molar-refractivity contribution in [3.8, 4) is 33.8 Å². The minimum absolute atomic E-state index is 0.0301. The zero-order valence-electron chi connectivity index (χ0n) is 24.9. The number of hydrogen-bond donors (Lipinski definition) is 0. The average Bonchev–Trinajstić information content (AvgIpc) is 3.12. The third-order valence-electron chi connectivity index (χ3n) is 7.61. The summed E-state index contributed by atoms with van der Waals surface area (Å²) >= 11 is 1.69. The van der Waals surface area contributed by atoms with Crippen molar-refractivity contribution in [1.29, 1.82) is 0 Å². The Kier molecular flexibility index (Phi) is 8.90. The van der Waals surface area contributed by atoms with Crippen LogP contribution in [0.15, 0.2) is 155 Å². The quantitative estimate of drug-likeness (QED) is 0.145. The molecule has 0 heterocycles. The average molecular weight is 607 g/mol. The van der Waals surface area contributed by atoms with Crippen molar-refractivity contribution in [2.75, 3.05) is 14.2 Å². The van der Waals surface area contributed by atoms with E-state index in [4.69, 9.17) is 9.47 Å². The first kappa shape index (κ1) is 29.7. The molecule has 0 atom stereocenters. The van der Waals surface area contributed by atoms with Crippen molar-refractivity contribution in [1.82, 2.24) is 0 Å². The zero-order chi connectivity index (χ0) is 31.2. The third kappa shape index (κ3) is 6.59. The van der Waals surface area contributed by atoms with Gasteiger partial charge in [-0.25, -0.2) is 0 Å². The molecule has 0 fully saturated rings. The number of methoxy groups -OCH3 is 2. The molecular weight excluding hydrogens is 577 g/mol. The van der Waals surface area contributed by atoms with Gasteiger partial charge in [-0.15, -0.1) is 0 Å². The number of benzene rings is 6. The summed E-state index contributed by atoms with van der Waals surface area (Å²) in [6.45, 7) is 0. The first-order valence-electron chi connectivity index (χ1n) is 14.5. The highest BCUT2D eigenvalue weighted by Crippen LogP contribution is 2.40. The molecule has 0 saturated heterocycles. The van der Waals surface area contributed by atoms with Crippen molar-refractivity contribution in [3.05, 3.63) is 168 Å². The molecule has 0 aliphatic rings. The SMILES string of the molecule is COc1ccc(C(=O)c2ccc(-c3ccccc3Sc3ccccc3-c3ccc(C(=O)c4ccc(OC)cc4)cc3)cc2)cc1. The molecular formula is C40H30O4S. The van der Waals surface area contributed by atoms with Gasteiger partial charge >= 0.3 is 0 Å². The van der Waals surface area contributed by atoms with E-state index in [1.165, 1.54) is 0 Å². The molecule has 5 heteroatoms. The lowest BCUT2D eigenvalue weighted by molar-refractivity contribution is 0.103. The van der Waals surface area contributed by atoms with Crippen molar-refractivity contribution in [3.63, 3.8) is 0 Å². The normalized spacial score (nSPS) is 10.7. The van der Waals surface area contributed by atoms with Crippen LogP contribution >= 0.6 is 11.8 Å². The highest BCUT2D eigenvalue weighted by atomic mass is 32.2. The van der Waals surface area contributed by atoms with Crippen LogP contribution in [-0.2, 0) is 0 Å². The van der Waals surface area contributed by atoms with E-state index in [1.807, 2.05) is 72.8 Å². The predicted molar refractivity (Wildman–Crippen MR) is 181 cm³/mol. The lowest BCUT2D eigenvalue weighted by Gasteiger charge is -2.14. The van der Waals surface area contributed by atoms with Crippen LogP contribution in [0.5, 0.6) is 11.5 Å². The molecule has 0 bridgehead atoms. The Labute approximate surface area is 267 Å². The second-order valence-corrected chi connectivity index (χ2v) is 11.4. The van der Waals surface area contributed by atoms with Crippen molar-refractivity contribution >= 4 is 23.3 Å². The lowest BCUT2D eigenvalue weighted by atomic mass is 9.99. The smallest absolute Gasteiger partial charge is 0.193 e. The van der Waals surface area contributed by atoms with Gasteiger partial charge in [0.15, 0.2) is 11.6 Å². The number of rotatable bonds is 10. The van der Waals surface area contributed by atoms with Crippen molar-refractivity contribution < 1.29 is 19.1 Å². The Balaban J connectivity index is 1.23. The van der Waals surface area contributed by atoms with Gasteiger partial charge in [0.1, 0.15) is 11.5 Å². The number of hydrogen-bond acceptors (Lipinski definition) is 5. The largest absolute Gasteiger partial charge is 0.497 e. The van der Waals surface area contributed by atoms with Gasteiger partial charge < -0.3 is 9.47 Å². The van der Waals surface area contributed by atoms with Gasteiger partial charge in [-0.05, 0) is 82.9 Å². The summed E-state index contributed by atoms with van der Waals surface area (Å²) in [5.41, 5.74) is 6.74. The monoisotopic (exact) mass is 606 g/mol. The Hall–Kier alpha value is -5.39. The number of carbonyl (C=O) groups excluding carboxylic acids is 2. The topological polar surface area (TPSA) is 52.6 Å². The fourth-order valence-corrected chi connectivity index (χ4v) is 6.25. The maximum atomic E-state index is 13.1. The van der Waals surface area contributed by atoms with Crippen molar-refractivity contribution in [2.24, 2.45) is 0 Å². The van der Waals surface area contributed by atoms with Gasteiger partial charge in [0.05, 0.1) is 14.2 Å². The van der Waals surface area contributed by atoms with Crippen LogP contribution in [-0.4, -0.2) is 25.8 Å². The van der Waals surface area contributed by atoms with Crippen LogP contribution in [0, 0.1) is 0 Å². The van der Waals surface area contributed by atoms with Gasteiger partial charge in [0, 0.05) is 32.0 Å². The molecule has 6 rings (SSSR count). The third-order valence-corrected chi connectivity index (χ3v) is 8.77. The highest BCUT2D eigenvalue weighted by molar-refractivity contribution is 7.99. The minimum atomic E-state index is -0.0301. The van der Waals surface area contributed by atoms with E-state index in [-0.39, 0.29) is 11.6 Å². The number of ketones is 2. The van der Waals surface area contributed by atoms with E-state index in [0.29, 0.717) is 22.3 Å². The molecule has 0 spiro atoms. The molecule has 0 N–H and O–H groups in total. The summed E-state index contributed by atoms with van der Waals surface area (Å²) in [4.78, 5) is 28.3. The summed E-state index contributed by atoms with van der Waals surface area (Å²) in [5, 5.41) is 0. The zero-order valence-corrected chi connectivity index (χ0v) is 25.7. The molecule has 0 aromatic heterocycles. The van der Waals surface area contributed by atoms with E-state index >= 15 is 0 Å². The van der Waals surface area contributed by atoms with Gasteiger partial charge in [-0.3, -0.25) is 9.59 Å². The Morgan fingerprint density at radius 2 is 0.733 bits per heavy atom. The molecule has 0 aliphatic carbocycles. The van der Waals surface area contributed by atoms with Crippen LogP contribution in [0.2, 0.25) is 0 Å². The van der Waals surface area contributed by atoms with Gasteiger partial charge in [0.25, 0.3) is 0 Å². The van der Waals surface area contributed by atoms with Gasteiger partial charge in [0.2, 0.25) is 0 Å². The first-order valence-corrected chi connectivity index (χ1v) is 15.3. The fourth-order valence-electron chi connectivity index (χ4n) is 5.13. The molecule has 0 unspecified atom stereocenters. The maximum Gasteiger partial charge on any atom is 0.193 e. The molecule has 0 radical (unpaired) electrons. The van der Waals surface area contributed by atoms with E-state index < -0.39 is 0 Å². The summed E-state index contributed by atoms with van der Waals surface area (Å²) in [6.07, 6.45) is 0. The molecule has 4 nitrogen and oxygen atoms in total. The molecule has 6 aromatic rings. The van der Waals surface area contributed by atoms with Gasteiger partial charge in [-0.1, -0.05) is 96.7 Å². The summed E-state index contributed by atoms with van der Waals surface area (Å²) in [7, 11) is 3.21. The first-order chi connectivity index (χ1) is 22.0. The van der Waals surface area contributed by atoms with Crippen LogP contribution in [0.3, 0.4) is 0 Å². The Morgan fingerprint density at radius 1 is 0.422 bits per heavy atom. The minimum Gasteiger partial charge on any atom is -0.497 e. The fraction of sp³-hybridized carbons (Fsp3) is 0.0500. The number of carbonyl (C=O) groups is 2. The molecule has 220 valence electrons. The predicted octanol–water partition coefficient (Wildman–Crippen LogP) is 9.65. The van der Waals surface area contributed by atoms with E-state index in [2.05, 4.69) is 24.3 Å². The Morgan fingerprint density at radius 3 is 1.07 bits per heavy atom. The second kappa shape index (κ2) is 13.5. The summed E-state index contributed by atoms with van der Waals surface area (Å²) < 4.78 is 10.4. The van der Waals surface area contributed by atoms with Crippen LogP contribution < -0.4 is 9.47 Å². The van der Waals surface area contributed by atoms with Crippen LogP contribution in [0.4, 0.5) is 0 Å². The molecule has 0 amide bonds. The highest BCUT2D eigenvalue weighted by Gasteiger charge is 2.14. The standard InChI is InChI=1S/C40H30O4S/c1-43-33-23-19-31(20-24-33)39(41)29-15-11-27(12-16-29)35-7-3-5-9-37(35)45-38-10-6-4-8-36(38)28-13-17-30(18-14-28)40(42)32-21-25-34(44-2)26-22-32/h3-26H,1-2H3. The molecule has 6 aromatic carbocycles. The van der Waals surface area contributed by atoms with Gasteiger partial charge in [-0.2, -0.15) is 0 Å². The van der Waals surface area contributed by atoms with Crippen LogP contribution in [0.1, 0.15) is 31.8 Å². The van der Waals surface area contributed by atoms with E-state index in [0.717, 1.165) is 43.5 Å². The summed E-state index contributed by atoms with van der Waals surface area (Å²) in [6, 6.07) is 46.4. The molecule has 0 aliphatic heterocycles. The summed E-state index contributed by atoms with van der Waals surface area (Å²) in [5.74, 6) is 1.37. The van der Waals surface area contributed by atoms with Crippen molar-refractivity contribution in [2.45, 2.75) is 9.79 Å². The Bertz CT molecular complexity index is 1800. The van der Waals surface area contributed by atoms with E-state index in [9.17, 15) is 9.59 Å². The van der Waals surface area contributed by atoms with E-state index in [1.54, 1.807) is 74.5 Å². The molecule has 0 saturated carbocycles. The number of ether oxygens (including phenoxy) is 2. The van der Waals surface area contributed by atoms with Crippen LogP contribution in [0.25, 0.3) is 22.3 Å². The lowest BCUT2D eigenvalue weighted by Crippen LogP contribution is -2.01. The maximum absolute atomic E-state index is 13.1.